The van der Waals surface area contributed by atoms with E-state index in [9.17, 15) is 4.79 Å². The first-order valence-electron chi connectivity index (χ1n) is 7.01. The second-order valence-corrected chi connectivity index (χ2v) is 6.64. The summed E-state index contributed by atoms with van der Waals surface area (Å²) in [7, 11) is 0. The van der Waals surface area contributed by atoms with Gasteiger partial charge in [0.25, 0.3) is 5.56 Å². The predicted octanol–water partition coefficient (Wildman–Crippen LogP) is 4.21. The molecule has 3 aromatic rings. The normalized spacial score (nSPS) is 11.0. The fraction of sp³-hybridized carbons (Fsp3) is 0.176. The van der Waals surface area contributed by atoms with Gasteiger partial charge >= 0.3 is 0 Å². The molecule has 0 aliphatic carbocycles. The maximum atomic E-state index is 12.7. The van der Waals surface area contributed by atoms with Gasteiger partial charge < -0.3 is 4.98 Å². The fourth-order valence-electron chi connectivity index (χ4n) is 2.54. The second-order valence-electron chi connectivity index (χ2n) is 5.15. The van der Waals surface area contributed by atoms with Crippen molar-refractivity contribution in [2.24, 2.45) is 0 Å². The molecule has 0 unspecified atom stereocenters. The Labute approximate surface area is 137 Å². The number of nitrogens with one attached hydrogen (secondary N) is 1. The first-order valence-corrected chi connectivity index (χ1v) is 8.24. The molecule has 112 valence electrons. The van der Waals surface area contributed by atoms with E-state index in [1.54, 1.807) is 22.0 Å². The number of aryl methyl sites for hydroxylation is 1. The molecular weight excluding hydrogens is 312 g/mol. The van der Waals surface area contributed by atoms with E-state index in [1.165, 1.54) is 10.4 Å². The standard InChI is InChI=1S/C17H16N2OS2/c1-3-9-19-16(20)14-11(2)13(22-15(14)18-17(19)21)10-12-7-5-4-6-8-12/h3-8H,1,9-10H2,2H3,(H,18,21). The Kier molecular flexibility index (Phi) is 4.09. The molecule has 0 atom stereocenters. The van der Waals surface area contributed by atoms with Crippen LogP contribution in [-0.4, -0.2) is 9.55 Å². The summed E-state index contributed by atoms with van der Waals surface area (Å²) >= 11 is 6.89. The van der Waals surface area contributed by atoms with Crippen LogP contribution in [0, 0.1) is 11.7 Å². The van der Waals surface area contributed by atoms with Crippen LogP contribution in [0.25, 0.3) is 10.2 Å². The Balaban J connectivity index is 2.17. The molecule has 3 rings (SSSR count). The van der Waals surface area contributed by atoms with Gasteiger partial charge in [-0.25, -0.2) is 0 Å². The molecule has 2 aromatic heterocycles. The van der Waals surface area contributed by atoms with Gasteiger partial charge in [0, 0.05) is 17.8 Å². The summed E-state index contributed by atoms with van der Waals surface area (Å²) in [6, 6.07) is 10.3. The maximum absolute atomic E-state index is 12.7. The molecule has 0 spiro atoms. The van der Waals surface area contributed by atoms with Crippen molar-refractivity contribution >= 4 is 33.8 Å². The molecule has 0 saturated carbocycles. The molecule has 0 aliphatic rings. The number of H-pyrrole nitrogens is 1. The Morgan fingerprint density at radius 2 is 2.09 bits per heavy atom. The molecule has 1 aromatic carbocycles. The van der Waals surface area contributed by atoms with E-state index in [4.69, 9.17) is 12.2 Å². The molecule has 0 amide bonds. The van der Waals surface area contributed by atoms with E-state index in [-0.39, 0.29) is 5.56 Å². The second kappa shape index (κ2) is 6.02. The molecule has 1 N–H and O–H groups in total. The van der Waals surface area contributed by atoms with E-state index in [0.717, 1.165) is 22.2 Å². The zero-order valence-electron chi connectivity index (χ0n) is 12.3. The van der Waals surface area contributed by atoms with Gasteiger partial charge in [-0.3, -0.25) is 9.36 Å². The van der Waals surface area contributed by atoms with Gasteiger partial charge in [-0.15, -0.1) is 17.9 Å². The minimum Gasteiger partial charge on any atom is -0.323 e. The van der Waals surface area contributed by atoms with Gasteiger partial charge in [-0.1, -0.05) is 36.4 Å². The lowest BCUT2D eigenvalue weighted by atomic mass is 10.1. The van der Waals surface area contributed by atoms with Crippen LogP contribution in [0.5, 0.6) is 0 Å². The summed E-state index contributed by atoms with van der Waals surface area (Å²) < 4.78 is 2.00. The van der Waals surface area contributed by atoms with Crippen LogP contribution in [0.3, 0.4) is 0 Å². The Morgan fingerprint density at radius 1 is 1.36 bits per heavy atom. The first kappa shape index (κ1) is 14.9. The molecule has 2 heterocycles. The number of rotatable bonds is 4. The molecule has 0 bridgehead atoms. The Morgan fingerprint density at radius 3 is 2.77 bits per heavy atom. The van der Waals surface area contributed by atoms with Gasteiger partial charge in [0.15, 0.2) is 4.77 Å². The Bertz CT molecular complexity index is 948. The molecular formula is C17H16N2OS2. The highest BCUT2D eigenvalue weighted by molar-refractivity contribution is 7.71. The maximum Gasteiger partial charge on any atom is 0.263 e. The van der Waals surface area contributed by atoms with Gasteiger partial charge in [0.2, 0.25) is 0 Å². The molecule has 5 heteroatoms. The number of hydrogen-bond donors (Lipinski definition) is 1. The summed E-state index contributed by atoms with van der Waals surface area (Å²) in [6.07, 6.45) is 2.51. The number of aromatic amines is 1. The lowest BCUT2D eigenvalue weighted by Gasteiger charge is -2.03. The highest BCUT2D eigenvalue weighted by atomic mass is 32.1. The van der Waals surface area contributed by atoms with Crippen molar-refractivity contribution in [3.63, 3.8) is 0 Å². The molecule has 22 heavy (non-hydrogen) atoms. The van der Waals surface area contributed by atoms with Crippen LogP contribution in [0.15, 0.2) is 47.8 Å². The van der Waals surface area contributed by atoms with E-state index >= 15 is 0 Å². The highest BCUT2D eigenvalue weighted by Crippen LogP contribution is 2.29. The van der Waals surface area contributed by atoms with Crippen molar-refractivity contribution < 1.29 is 0 Å². The van der Waals surface area contributed by atoms with E-state index in [0.29, 0.717) is 11.3 Å². The lowest BCUT2D eigenvalue weighted by molar-refractivity contribution is 0.753. The van der Waals surface area contributed by atoms with E-state index in [2.05, 4.69) is 23.7 Å². The zero-order valence-corrected chi connectivity index (χ0v) is 13.9. The van der Waals surface area contributed by atoms with Crippen LogP contribution in [0.2, 0.25) is 0 Å². The summed E-state index contributed by atoms with van der Waals surface area (Å²) in [6.45, 7) is 6.12. The van der Waals surface area contributed by atoms with Gasteiger partial charge in [-0.2, -0.15) is 0 Å². The summed E-state index contributed by atoms with van der Waals surface area (Å²) in [5, 5.41) is 0.742. The van der Waals surface area contributed by atoms with Crippen LogP contribution in [-0.2, 0) is 13.0 Å². The van der Waals surface area contributed by atoms with Crippen molar-refractivity contribution in [3.8, 4) is 0 Å². The van der Waals surface area contributed by atoms with Crippen molar-refractivity contribution in [3.05, 3.63) is 74.1 Å². The van der Waals surface area contributed by atoms with Crippen LogP contribution >= 0.6 is 23.6 Å². The number of fused-ring (bicyclic) bond motifs is 1. The number of thiophene rings is 1. The van der Waals surface area contributed by atoms with Crippen molar-refractivity contribution in [1.29, 1.82) is 0 Å². The third kappa shape index (κ3) is 2.58. The lowest BCUT2D eigenvalue weighted by Crippen LogP contribution is -2.21. The topological polar surface area (TPSA) is 37.8 Å². The Hall–Kier alpha value is -1.98. The van der Waals surface area contributed by atoms with Crippen molar-refractivity contribution in [2.75, 3.05) is 0 Å². The zero-order chi connectivity index (χ0) is 15.7. The third-order valence-corrected chi connectivity index (χ3v) is 5.22. The van der Waals surface area contributed by atoms with E-state index in [1.807, 2.05) is 25.1 Å². The molecule has 0 saturated heterocycles. The number of aromatic nitrogens is 2. The van der Waals surface area contributed by atoms with Gasteiger partial charge in [0.05, 0.1) is 5.39 Å². The largest absolute Gasteiger partial charge is 0.323 e. The SMILES string of the molecule is C=CCn1c(=S)[nH]c2sc(Cc3ccccc3)c(C)c2c1=O. The van der Waals surface area contributed by atoms with Crippen molar-refractivity contribution in [1.82, 2.24) is 9.55 Å². The summed E-state index contributed by atoms with van der Waals surface area (Å²) in [5.74, 6) is 0. The molecule has 3 nitrogen and oxygen atoms in total. The number of allylic oxidation sites excluding steroid dienone is 1. The summed E-state index contributed by atoms with van der Waals surface area (Å²) in [4.78, 5) is 17.9. The first-order chi connectivity index (χ1) is 10.6. The number of benzene rings is 1. The third-order valence-electron chi connectivity index (χ3n) is 3.69. The summed E-state index contributed by atoms with van der Waals surface area (Å²) in [5.41, 5.74) is 2.24. The average Bonchev–Trinajstić information content (AvgIpc) is 2.81. The highest BCUT2D eigenvalue weighted by Gasteiger charge is 2.14. The molecule has 0 aliphatic heterocycles. The van der Waals surface area contributed by atoms with Crippen LogP contribution in [0.1, 0.15) is 16.0 Å². The number of hydrogen-bond acceptors (Lipinski definition) is 3. The monoisotopic (exact) mass is 328 g/mol. The van der Waals surface area contributed by atoms with E-state index < -0.39 is 0 Å². The smallest absolute Gasteiger partial charge is 0.263 e. The predicted molar refractivity (Wildman–Crippen MR) is 95.5 cm³/mol. The average molecular weight is 328 g/mol. The minimum atomic E-state index is -0.0355. The fourth-order valence-corrected chi connectivity index (χ4v) is 4.10. The van der Waals surface area contributed by atoms with Gasteiger partial charge in [-0.05, 0) is 30.3 Å². The minimum absolute atomic E-state index is 0.0355. The quantitative estimate of drug-likeness (QED) is 0.575. The van der Waals surface area contributed by atoms with Crippen LogP contribution < -0.4 is 5.56 Å². The van der Waals surface area contributed by atoms with Crippen LogP contribution in [0.4, 0.5) is 0 Å². The molecule has 0 radical (unpaired) electrons. The van der Waals surface area contributed by atoms with Crippen molar-refractivity contribution in [2.45, 2.75) is 19.9 Å². The van der Waals surface area contributed by atoms with Gasteiger partial charge in [0.1, 0.15) is 4.83 Å². The molecule has 0 fully saturated rings. The number of nitrogens with zero attached hydrogens (tertiary/aromatic N) is 1.